The van der Waals surface area contributed by atoms with Gasteiger partial charge in [-0.2, -0.15) is 9.67 Å². The maximum atomic E-state index is 12.0. The van der Waals surface area contributed by atoms with E-state index in [1.54, 1.807) is 0 Å². The molecule has 0 aliphatic carbocycles. The zero-order valence-corrected chi connectivity index (χ0v) is 13.8. The molecule has 1 aliphatic rings. The summed E-state index contributed by atoms with van der Waals surface area (Å²) in [4.78, 5) is 20.7. The molecule has 3 rings (SSSR count). The third-order valence-corrected chi connectivity index (χ3v) is 3.87. The molecule has 2 aromatic rings. The van der Waals surface area contributed by atoms with Crippen LogP contribution in [0.4, 0.5) is 11.9 Å². The number of aliphatic imine (C=N–C) groups is 1. The number of fused-ring (bicyclic) bond motifs is 1. The average Bonchev–Trinajstić information content (AvgIpc) is 2.91. The molecule has 22 heavy (non-hydrogen) atoms. The van der Waals surface area contributed by atoms with Gasteiger partial charge in [0.2, 0.25) is 5.95 Å². The molecule has 0 unspecified atom stereocenters. The highest BCUT2D eigenvalue weighted by molar-refractivity contribution is 9.10. The van der Waals surface area contributed by atoms with E-state index >= 15 is 0 Å². The van der Waals surface area contributed by atoms with Gasteiger partial charge in [0.15, 0.2) is 0 Å². The number of nitrogens with one attached hydrogen (secondary N) is 1. The summed E-state index contributed by atoms with van der Waals surface area (Å²) >= 11 is 3.40. The minimum Gasteiger partial charge on any atom is -0.349 e. The molecule has 0 spiro atoms. The largest absolute Gasteiger partial charge is 0.349 e. The Hall–Kier alpha value is -2.02. The summed E-state index contributed by atoms with van der Waals surface area (Å²) in [5.74, 6) is 0.725. The van der Waals surface area contributed by atoms with E-state index in [0.29, 0.717) is 24.9 Å². The lowest BCUT2D eigenvalue weighted by molar-refractivity contribution is 0.0905. The van der Waals surface area contributed by atoms with Gasteiger partial charge in [-0.3, -0.25) is 4.79 Å². The van der Waals surface area contributed by atoms with Gasteiger partial charge in [0.05, 0.1) is 6.42 Å². The number of halogens is 1. The second-order valence-corrected chi connectivity index (χ2v) is 6.04. The van der Waals surface area contributed by atoms with Crippen LogP contribution in [0.25, 0.3) is 0 Å². The normalized spacial score (nSPS) is 13.7. The summed E-state index contributed by atoms with van der Waals surface area (Å²) in [6.07, 6.45) is 2.12. The second kappa shape index (κ2) is 6.39. The Morgan fingerprint density at radius 3 is 2.82 bits per heavy atom. The van der Waals surface area contributed by atoms with Gasteiger partial charge in [-0.15, -0.1) is 5.10 Å². The van der Waals surface area contributed by atoms with Crippen LogP contribution in [0, 0.1) is 0 Å². The topological polar surface area (TPSA) is 72.2 Å². The molecule has 7 heteroatoms. The van der Waals surface area contributed by atoms with Gasteiger partial charge in [-0.1, -0.05) is 41.4 Å². The molecule has 1 aromatic heterocycles. The Balaban J connectivity index is 1.73. The summed E-state index contributed by atoms with van der Waals surface area (Å²) in [7, 11) is 0. The Morgan fingerprint density at radius 1 is 1.32 bits per heavy atom. The fourth-order valence-electron chi connectivity index (χ4n) is 2.27. The van der Waals surface area contributed by atoms with Crippen molar-refractivity contribution in [3.63, 3.8) is 0 Å². The average molecular weight is 362 g/mol. The predicted octanol–water partition coefficient (Wildman–Crippen LogP) is 3.57. The highest BCUT2D eigenvalue weighted by Crippen LogP contribution is 2.20. The number of nitrogens with zero attached hydrogens (tertiary/aromatic N) is 4. The van der Waals surface area contributed by atoms with Crippen molar-refractivity contribution in [1.29, 1.82) is 0 Å². The van der Waals surface area contributed by atoms with Crippen molar-refractivity contribution >= 4 is 39.4 Å². The minimum absolute atomic E-state index is 0.0716. The standard InChI is InChI=1S/C15H16BrN5O/c1-2-3-12-8-13(22)21-15(18-12)19-14(20-21)17-9-10-4-6-11(16)7-5-10/h4-7H,2-3,8-9H2,1H3,(H,17,20). The van der Waals surface area contributed by atoms with Crippen LogP contribution in [0.5, 0.6) is 0 Å². The second-order valence-electron chi connectivity index (χ2n) is 5.13. The number of rotatable bonds is 5. The highest BCUT2D eigenvalue weighted by Gasteiger charge is 2.22. The Labute approximate surface area is 136 Å². The predicted molar refractivity (Wildman–Crippen MR) is 88.7 cm³/mol. The van der Waals surface area contributed by atoms with Gasteiger partial charge < -0.3 is 5.32 Å². The van der Waals surface area contributed by atoms with Crippen LogP contribution < -0.4 is 5.32 Å². The van der Waals surface area contributed by atoms with Gasteiger partial charge in [0, 0.05) is 16.7 Å². The summed E-state index contributed by atoms with van der Waals surface area (Å²) in [5.41, 5.74) is 1.99. The van der Waals surface area contributed by atoms with E-state index in [4.69, 9.17) is 0 Å². The van der Waals surface area contributed by atoms with Gasteiger partial charge >= 0.3 is 0 Å². The van der Waals surface area contributed by atoms with Crippen LogP contribution in [-0.4, -0.2) is 26.4 Å². The molecular weight excluding hydrogens is 346 g/mol. The van der Waals surface area contributed by atoms with E-state index in [1.807, 2.05) is 24.3 Å². The van der Waals surface area contributed by atoms with Gasteiger partial charge in [-0.25, -0.2) is 4.99 Å². The first-order valence-corrected chi connectivity index (χ1v) is 8.00. The summed E-state index contributed by atoms with van der Waals surface area (Å²) in [6.45, 7) is 2.66. The molecular formula is C15H16BrN5O. The van der Waals surface area contributed by atoms with Crippen LogP contribution >= 0.6 is 15.9 Å². The van der Waals surface area contributed by atoms with E-state index in [-0.39, 0.29) is 5.91 Å². The highest BCUT2D eigenvalue weighted by atomic mass is 79.9. The maximum Gasteiger partial charge on any atom is 0.257 e. The molecule has 0 atom stereocenters. The Morgan fingerprint density at radius 2 is 2.09 bits per heavy atom. The molecule has 0 amide bonds. The molecule has 0 saturated carbocycles. The maximum absolute atomic E-state index is 12.0. The van der Waals surface area contributed by atoms with E-state index in [2.05, 4.69) is 43.2 Å². The SMILES string of the molecule is CCCC1=Nc2nc(NCc3ccc(Br)cc3)nn2C(=O)C1. The molecule has 0 saturated heterocycles. The van der Waals surface area contributed by atoms with Crippen molar-refractivity contribution in [2.24, 2.45) is 4.99 Å². The quantitative estimate of drug-likeness (QED) is 0.883. The summed E-state index contributed by atoms with van der Waals surface area (Å²) < 4.78 is 2.32. The van der Waals surface area contributed by atoms with E-state index in [0.717, 1.165) is 28.6 Å². The summed E-state index contributed by atoms with van der Waals surface area (Å²) in [5, 5.41) is 7.31. The van der Waals surface area contributed by atoms with E-state index in [1.165, 1.54) is 4.68 Å². The summed E-state index contributed by atoms with van der Waals surface area (Å²) in [6, 6.07) is 7.98. The first kappa shape index (κ1) is 14.9. The zero-order chi connectivity index (χ0) is 15.5. The lowest BCUT2D eigenvalue weighted by atomic mass is 10.1. The number of hydrogen-bond acceptors (Lipinski definition) is 5. The van der Waals surface area contributed by atoms with Crippen molar-refractivity contribution in [2.45, 2.75) is 32.7 Å². The first-order valence-electron chi connectivity index (χ1n) is 7.20. The first-order chi connectivity index (χ1) is 10.7. The molecule has 0 bridgehead atoms. The van der Waals surface area contributed by atoms with Crippen LogP contribution in [0.3, 0.4) is 0 Å². The molecule has 1 aliphatic heterocycles. The van der Waals surface area contributed by atoms with Crippen molar-refractivity contribution < 1.29 is 4.79 Å². The monoisotopic (exact) mass is 361 g/mol. The third-order valence-electron chi connectivity index (χ3n) is 3.34. The Kier molecular flexibility index (Phi) is 4.33. The molecule has 0 radical (unpaired) electrons. The van der Waals surface area contributed by atoms with Crippen molar-refractivity contribution in [2.75, 3.05) is 5.32 Å². The van der Waals surface area contributed by atoms with Crippen LogP contribution in [-0.2, 0) is 6.54 Å². The molecule has 1 aromatic carbocycles. The van der Waals surface area contributed by atoms with Crippen molar-refractivity contribution in [1.82, 2.24) is 14.8 Å². The van der Waals surface area contributed by atoms with Crippen molar-refractivity contribution in [3.8, 4) is 0 Å². The fourth-order valence-corrected chi connectivity index (χ4v) is 2.53. The third kappa shape index (κ3) is 3.24. The van der Waals surface area contributed by atoms with Gasteiger partial charge in [0.25, 0.3) is 11.9 Å². The zero-order valence-electron chi connectivity index (χ0n) is 12.2. The number of anilines is 1. The van der Waals surface area contributed by atoms with E-state index in [9.17, 15) is 4.79 Å². The fraction of sp³-hybridized carbons (Fsp3) is 0.333. The molecule has 114 valence electrons. The number of carbonyl (C=O) groups excluding carboxylic acids is 1. The van der Waals surface area contributed by atoms with Gasteiger partial charge in [0.1, 0.15) is 0 Å². The molecule has 2 heterocycles. The smallest absolute Gasteiger partial charge is 0.257 e. The lowest BCUT2D eigenvalue weighted by Gasteiger charge is -2.09. The molecule has 1 N–H and O–H groups in total. The molecule has 6 nitrogen and oxygen atoms in total. The minimum atomic E-state index is -0.0716. The van der Waals surface area contributed by atoms with Crippen LogP contribution in [0.15, 0.2) is 33.7 Å². The van der Waals surface area contributed by atoms with Crippen LogP contribution in [0.1, 0.15) is 36.5 Å². The van der Waals surface area contributed by atoms with Gasteiger partial charge in [-0.05, 0) is 24.1 Å². The Bertz CT molecular complexity index is 720. The number of carbonyl (C=O) groups is 1. The lowest BCUT2D eigenvalue weighted by Crippen LogP contribution is -2.21. The number of benzene rings is 1. The van der Waals surface area contributed by atoms with E-state index < -0.39 is 0 Å². The number of aromatic nitrogens is 3. The number of hydrogen-bond donors (Lipinski definition) is 1. The van der Waals surface area contributed by atoms with Crippen molar-refractivity contribution in [3.05, 3.63) is 34.3 Å². The molecule has 0 fully saturated rings. The van der Waals surface area contributed by atoms with Crippen LogP contribution in [0.2, 0.25) is 0 Å².